The Balaban J connectivity index is 4.10. The molecule has 0 aromatic carbocycles. The van der Waals surface area contributed by atoms with Gasteiger partial charge in [0, 0.05) is 19.3 Å². The van der Waals surface area contributed by atoms with Gasteiger partial charge in [-0.1, -0.05) is 361 Å². The third-order valence-electron chi connectivity index (χ3n) is 15.9. The molecule has 6 heteroatoms. The first kappa shape index (κ1) is 72.4. The van der Waals surface area contributed by atoms with Crippen molar-refractivity contribution in [2.45, 2.75) is 406 Å². The molecule has 0 aliphatic carbocycles. The third kappa shape index (κ3) is 61.3. The van der Waals surface area contributed by atoms with Gasteiger partial charge in [0.15, 0.2) is 6.10 Å². The average molecular weight is 1050 g/mol. The minimum atomic E-state index is -0.762. The van der Waals surface area contributed by atoms with Crippen molar-refractivity contribution in [3.05, 3.63) is 0 Å². The van der Waals surface area contributed by atoms with Crippen LogP contribution in [0.4, 0.5) is 0 Å². The van der Waals surface area contributed by atoms with Crippen molar-refractivity contribution in [1.82, 2.24) is 0 Å². The van der Waals surface area contributed by atoms with Gasteiger partial charge in [-0.2, -0.15) is 0 Å². The maximum atomic E-state index is 12.9. The summed E-state index contributed by atoms with van der Waals surface area (Å²) in [4.78, 5) is 38.2. The van der Waals surface area contributed by atoms with Crippen molar-refractivity contribution in [2.24, 2.45) is 0 Å². The van der Waals surface area contributed by atoms with E-state index in [2.05, 4.69) is 20.8 Å². The smallest absolute Gasteiger partial charge is 0.306 e. The maximum absolute atomic E-state index is 12.9. The van der Waals surface area contributed by atoms with E-state index >= 15 is 0 Å². The molecule has 0 bridgehead atoms. The Morgan fingerprint density at radius 1 is 0.216 bits per heavy atom. The Bertz CT molecular complexity index is 1110. The summed E-state index contributed by atoms with van der Waals surface area (Å²) >= 11 is 0. The molecule has 6 nitrogen and oxygen atoms in total. The Morgan fingerprint density at radius 2 is 0.365 bits per heavy atom. The van der Waals surface area contributed by atoms with Crippen LogP contribution in [0.2, 0.25) is 0 Å². The number of hydrogen-bond acceptors (Lipinski definition) is 6. The highest BCUT2D eigenvalue weighted by Gasteiger charge is 2.19. The van der Waals surface area contributed by atoms with E-state index in [1.165, 1.54) is 302 Å². The summed E-state index contributed by atoms with van der Waals surface area (Å²) < 4.78 is 16.9. The van der Waals surface area contributed by atoms with Crippen molar-refractivity contribution in [3.63, 3.8) is 0 Å². The van der Waals surface area contributed by atoms with Crippen LogP contribution in [0.5, 0.6) is 0 Å². The topological polar surface area (TPSA) is 78.9 Å². The van der Waals surface area contributed by atoms with Gasteiger partial charge in [0.1, 0.15) is 13.2 Å². The van der Waals surface area contributed by atoms with E-state index in [1.54, 1.807) is 0 Å². The Hall–Kier alpha value is -1.59. The summed E-state index contributed by atoms with van der Waals surface area (Å²) in [5, 5.41) is 0. The summed E-state index contributed by atoms with van der Waals surface area (Å²) in [6.07, 6.45) is 74.3. The van der Waals surface area contributed by atoms with Crippen molar-refractivity contribution >= 4 is 17.9 Å². The van der Waals surface area contributed by atoms with Crippen LogP contribution in [0.25, 0.3) is 0 Å². The standard InChI is InChI=1S/C68H132O6/c1-4-7-10-13-16-19-22-24-26-28-30-31-32-33-34-35-36-37-39-40-42-44-46-49-52-55-58-61-67(70)73-64-65(63-72-66(69)60-57-54-51-48-21-18-15-12-9-6-3)74-68(71)62-59-56-53-50-47-45-43-41-38-29-27-25-23-20-17-14-11-8-5-2/h65H,4-64H2,1-3H3. The van der Waals surface area contributed by atoms with Crippen molar-refractivity contribution in [3.8, 4) is 0 Å². The normalized spacial score (nSPS) is 11.9. The van der Waals surface area contributed by atoms with Gasteiger partial charge in [0.2, 0.25) is 0 Å². The van der Waals surface area contributed by atoms with E-state index in [-0.39, 0.29) is 31.1 Å². The molecular formula is C68H132O6. The van der Waals surface area contributed by atoms with Crippen LogP contribution in [-0.4, -0.2) is 37.2 Å². The average Bonchev–Trinajstić information content (AvgIpc) is 3.40. The fourth-order valence-corrected chi connectivity index (χ4v) is 10.7. The van der Waals surface area contributed by atoms with Crippen molar-refractivity contribution in [2.75, 3.05) is 13.2 Å². The number of esters is 3. The van der Waals surface area contributed by atoms with E-state index in [9.17, 15) is 14.4 Å². The predicted molar refractivity (Wildman–Crippen MR) is 321 cm³/mol. The number of carbonyl (C=O) groups is 3. The zero-order valence-electron chi connectivity index (χ0n) is 50.7. The number of hydrogen-bond donors (Lipinski definition) is 0. The molecule has 0 aliphatic heterocycles. The molecule has 0 saturated carbocycles. The van der Waals surface area contributed by atoms with Gasteiger partial charge in [0.05, 0.1) is 0 Å². The molecule has 0 spiro atoms. The molecule has 0 aromatic heterocycles. The zero-order chi connectivity index (χ0) is 53.6. The van der Waals surface area contributed by atoms with Crippen molar-refractivity contribution < 1.29 is 28.6 Å². The molecule has 1 unspecified atom stereocenters. The lowest BCUT2D eigenvalue weighted by Gasteiger charge is -2.18. The second-order valence-electron chi connectivity index (χ2n) is 23.5. The minimum absolute atomic E-state index is 0.0607. The monoisotopic (exact) mass is 1050 g/mol. The summed E-state index contributed by atoms with van der Waals surface area (Å²) in [6.45, 7) is 6.72. The lowest BCUT2D eigenvalue weighted by molar-refractivity contribution is -0.167. The van der Waals surface area contributed by atoms with E-state index in [4.69, 9.17) is 14.2 Å². The SMILES string of the molecule is CCCCCCCCCCCCCCCCCCCCCCCCCCCCCC(=O)OCC(COC(=O)CCCCCCCCCCCC)OC(=O)CCCCCCCCCCCCCCCCCCCCC. The quantitative estimate of drug-likeness (QED) is 0.0343. The van der Waals surface area contributed by atoms with E-state index in [0.29, 0.717) is 19.3 Å². The first-order chi connectivity index (χ1) is 36.5. The van der Waals surface area contributed by atoms with Gasteiger partial charge in [0.25, 0.3) is 0 Å². The molecule has 0 aromatic rings. The molecule has 0 heterocycles. The Morgan fingerprint density at radius 3 is 0.541 bits per heavy atom. The highest BCUT2D eigenvalue weighted by atomic mass is 16.6. The summed E-state index contributed by atoms with van der Waals surface area (Å²) in [6, 6.07) is 0. The predicted octanol–water partition coefficient (Wildman–Crippen LogP) is 23.1. The Kier molecular flexibility index (Phi) is 62.6. The molecule has 0 aliphatic rings. The van der Waals surface area contributed by atoms with Crippen LogP contribution in [0.3, 0.4) is 0 Å². The molecule has 0 N–H and O–H groups in total. The van der Waals surface area contributed by atoms with Gasteiger partial charge in [-0.05, 0) is 19.3 Å². The molecule has 440 valence electrons. The van der Waals surface area contributed by atoms with Crippen LogP contribution in [0, 0.1) is 0 Å². The molecule has 0 radical (unpaired) electrons. The summed E-state index contributed by atoms with van der Waals surface area (Å²) in [5.41, 5.74) is 0. The van der Waals surface area contributed by atoms with E-state index in [1.807, 2.05) is 0 Å². The molecule has 1 atom stereocenters. The molecule has 74 heavy (non-hydrogen) atoms. The molecule has 0 rings (SSSR count). The summed E-state index contributed by atoms with van der Waals surface area (Å²) in [5.74, 6) is -0.827. The zero-order valence-corrected chi connectivity index (χ0v) is 50.7. The van der Waals surface area contributed by atoms with Crippen LogP contribution in [0.15, 0.2) is 0 Å². The summed E-state index contributed by atoms with van der Waals surface area (Å²) in [7, 11) is 0. The second kappa shape index (κ2) is 63.9. The van der Waals surface area contributed by atoms with Gasteiger partial charge < -0.3 is 14.2 Å². The van der Waals surface area contributed by atoms with Crippen LogP contribution in [0.1, 0.15) is 400 Å². The fourth-order valence-electron chi connectivity index (χ4n) is 10.7. The number of unbranched alkanes of at least 4 members (excludes halogenated alkanes) is 53. The fraction of sp³-hybridized carbons (Fsp3) is 0.956. The van der Waals surface area contributed by atoms with Gasteiger partial charge >= 0.3 is 17.9 Å². The molecular weight excluding hydrogens is 913 g/mol. The van der Waals surface area contributed by atoms with E-state index in [0.717, 1.165) is 57.8 Å². The highest BCUT2D eigenvalue weighted by Crippen LogP contribution is 2.19. The largest absolute Gasteiger partial charge is 0.462 e. The van der Waals surface area contributed by atoms with Gasteiger partial charge in [-0.15, -0.1) is 0 Å². The lowest BCUT2D eigenvalue weighted by atomic mass is 10.0. The molecule has 0 saturated heterocycles. The number of carbonyl (C=O) groups excluding carboxylic acids is 3. The lowest BCUT2D eigenvalue weighted by Crippen LogP contribution is -2.30. The van der Waals surface area contributed by atoms with Gasteiger partial charge in [-0.25, -0.2) is 0 Å². The van der Waals surface area contributed by atoms with Crippen molar-refractivity contribution in [1.29, 1.82) is 0 Å². The van der Waals surface area contributed by atoms with Crippen LogP contribution < -0.4 is 0 Å². The highest BCUT2D eigenvalue weighted by molar-refractivity contribution is 5.71. The molecule has 0 fully saturated rings. The maximum Gasteiger partial charge on any atom is 0.306 e. The van der Waals surface area contributed by atoms with Crippen LogP contribution >= 0.6 is 0 Å². The van der Waals surface area contributed by atoms with Crippen LogP contribution in [-0.2, 0) is 28.6 Å². The van der Waals surface area contributed by atoms with Gasteiger partial charge in [-0.3, -0.25) is 14.4 Å². The second-order valence-corrected chi connectivity index (χ2v) is 23.5. The first-order valence-corrected chi connectivity index (χ1v) is 34.0. The Labute approximate surface area is 463 Å². The number of ether oxygens (including phenoxy) is 3. The molecule has 0 amide bonds. The minimum Gasteiger partial charge on any atom is -0.462 e. The van der Waals surface area contributed by atoms with E-state index < -0.39 is 6.10 Å². The number of rotatable bonds is 64. The third-order valence-corrected chi connectivity index (χ3v) is 15.9. The first-order valence-electron chi connectivity index (χ1n) is 34.0.